The van der Waals surface area contributed by atoms with Gasteiger partial charge in [0.05, 0.1) is 12.1 Å². The van der Waals surface area contributed by atoms with Gasteiger partial charge < -0.3 is 4.74 Å². The smallest absolute Gasteiger partial charge is 0.401 e. The Hall–Kier alpha value is -2.15. The Kier molecular flexibility index (Phi) is 4.71. The molecule has 2 heterocycles. The molecule has 3 rings (SSSR count). The number of pyridine rings is 1. The van der Waals surface area contributed by atoms with Crippen LogP contribution in [-0.2, 0) is 4.74 Å². The van der Waals surface area contributed by atoms with Crippen LogP contribution in [0.15, 0.2) is 36.7 Å². The van der Waals surface area contributed by atoms with E-state index in [-0.39, 0.29) is 19.2 Å². The number of ether oxygens (including phenoxy) is 1. The Morgan fingerprint density at radius 2 is 1.92 bits per heavy atom. The largest absolute Gasteiger partial charge is 0.459 e. The van der Waals surface area contributed by atoms with Crippen LogP contribution < -0.4 is 0 Å². The second-order valence-corrected chi connectivity index (χ2v) is 5.90. The zero-order valence-corrected chi connectivity index (χ0v) is 12.9. The molecule has 1 aliphatic heterocycles. The van der Waals surface area contributed by atoms with Crippen LogP contribution in [0.3, 0.4) is 0 Å². The van der Waals surface area contributed by atoms with Gasteiger partial charge in [-0.15, -0.1) is 0 Å². The van der Waals surface area contributed by atoms with Gasteiger partial charge in [0.1, 0.15) is 6.10 Å². The average Bonchev–Trinajstić information content (AvgIpc) is 2.55. The van der Waals surface area contributed by atoms with Crippen LogP contribution in [0.25, 0.3) is 10.8 Å². The number of nitrogens with zero attached hydrogens (tertiary/aromatic N) is 2. The monoisotopic (exact) mass is 338 g/mol. The van der Waals surface area contributed by atoms with E-state index in [9.17, 15) is 18.0 Å². The molecule has 7 heteroatoms. The molecule has 0 saturated carbocycles. The maximum absolute atomic E-state index is 12.4. The number of aromatic nitrogens is 1. The van der Waals surface area contributed by atoms with Crippen molar-refractivity contribution < 1.29 is 22.7 Å². The topological polar surface area (TPSA) is 42.4 Å². The highest BCUT2D eigenvalue weighted by molar-refractivity contribution is 6.03. The van der Waals surface area contributed by atoms with Crippen molar-refractivity contribution in [3.8, 4) is 0 Å². The lowest BCUT2D eigenvalue weighted by Gasteiger charge is -2.32. The molecule has 0 radical (unpaired) electrons. The molecule has 1 fully saturated rings. The van der Waals surface area contributed by atoms with Crippen LogP contribution in [0, 0.1) is 0 Å². The summed E-state index contributed by atoms with van der Waals surface area (Å²) < 4.78 is 42.6. The van der Waals surface area contributed by atoms with E-state index in [2.05, 4.69) is 4.98 Å². The van der Waals surface area contributed by atoms with Gasteiger partial charge in [-0.1, -0.05) is 24.3 Å². The third-order valence-electron chi connectivity index (χ3n) is 4.10. The van der Waals surface area contributed by atoms with Crippen molar-refractivity contribution in [3.05, 3.63) is 42.2 Å². The molecule has 1 aromatic heterocycles. The molecular weight excluding hydrogens is 321 g/mol. The molecule has 0 spiro atoms. The van der Waals surface area contributed by atoms with Crippen molar-refractivity contribution in [1.29, 1.82) is 0 Å². The van der Waals surface area contributed by atoms with Crippen molar-refractivity contribution in [2.24, 2.45) is 0 Å². The van der Waals surface area contributed by atoms with E-state index in [1.54, 1.807) is 6.20 Å². The normalized spacial score (nSPS) is 17.1. The summed E-state index contributed by atoms with van der Waals surface area (Å²) in [6, 6.07) is 7.36. The van der Waals surface area contributed by atoms with Gasteiger partial charge in [-0.3, -0.25) is 9.88 Å². The van der Waals surface area contributed by atoms with Crippen LogP contribution in [0.1, 0.15) is 23.2 Å². The molecule has 0 bridgehead atoms. The highest BCUT2D eigenvalue weighted by Gasteiger charge is 2.33. The average molecular weight is 338 g/mol. The van der Waals surface area contributed by atoms with Gasteiger partial charge >= 0.3 is 12.1 Å². The number of rotatable bonds is 3. The number of benzene rings is 1. The van der Waals surface area contributed by atoms with E-state index in [4.69, 9.17) is 4.74 Å². The minimum Gasteiger partial charge on any atom is -0.459 e. The molecule has 0 amide bonds. The number of alkyl halides is 3. The molecule has 1 aliphatic rings. The summed E-state index contributed by atoms with van der Waals surface area (Å²) in [6.07, 6.45) is -0.621. The minimum atomic E-state index is -4.20. The third kappa shape index (κ3) is 4.03. The molecule has 4 nitrogen and oxygen atoms in total. The lowest BCUT2D eigenvalue weighted by molar-refractivity contribution is -0.150. The van der Waals surface area contributed by atoms with E-state index in [0.29, 0.717) is 18.4 Å². The van der Waals surface area contributed by atoms with Crippen LogP contribution in [0.4, 0.5) is 13.2 Å². The van der Waals surface area contributed by atoms with Gasteiger partial charge in [-0.2, -0.15) is 13.2 Å². The maximum Gasteiger partial charge on any atom is 0.401 e. The number of carbonyl (C=O) groups excluding carboxylic acids is 1. The van der Waals surface area contributed by atoms with E-state index in [1.165, 1.54) is 11.1 Å². The van der Waals surface area contributed by atoms with Gasteiger partial charge in [0.15, 0.2) is 0 Å². The Morgan fingerprint density at radius 1 is 1.21 bits per heavy atom. The molecule has 0 unspecified atom stereocenters. The summed E-state index contributed by atoms with van der Waals surface area (Å²) >= 11 is 0. The SMILES string of the molecule is O=C(OC1CCN(CC(F)(F)F)CC1)c1cncc2ccccc12. The zero-order chi connectivity index (χ0) is 17.2. The summed E-state index contributed by atoms with van der Waals surface area (Å²) in [4.78, 5) is 17.8. The molecule has 0 atom stereocenters. The minimum absolute atomic E-state index is 0.269. The second kappa shape index (κ2) is 6.76. The number of fused-ring (bicyclic) bond motifs is 1. The van der Waals surface area contributed by atoms with Crippen LogP contribution in [0.5, 0.6) is 0 Å². The zero-order valence-electron chi connectivity index (χ0n) is 12.9. The molecule has 2 aromatic rings. The first-order valence-electron chi connectivity index (χ1n) is 7.75. The Morgan fingerprint density at radius 3 is 2.62 bits per heavy atom. The van der Waals surface area contributed by atoms with E-state index in [0.717, 1.165) is 10.8 Å². The highest BCUT2D eigenvalue weighted by Crippen LogP contribution is 2.23. The summed E-state index contributed by atoms with van der Waals surface area (Å²) in [6.45, 7) is -0.378. The van der Waals surface area contributed by atoms with Gasteiger partial charge in [0.25, 0.3) is 0 Å². The van der Waals surface area contributed by atoms with Gasteiger partial charge in [0.2, 0.25) is 0 Å². The third-order valence-corrected chi connectivity index (χ3v) is 4.10. The summed E-state index contributed by atoms with van der Waals surface area (Å²) in [5.41, 5.74) is 0.380. The fraction of sp³-hybridized carbons (Fsp3) is 0.412. The van der Waals surface area contributed by atoms with E-state index >= 15 is 0 Å². The molecule has 1 saturated heterocycles. The van der Waals surface area contributed by atoms with Gasteiger partial charge in [-0.05, 0) is 18.2 Å². The quantitative estimate of drug-likeness (QED) is 0.805. The first kappa shape index (κ1) is 16.7. The molecule has 24 heavy (non-hydrogen) atoms. The number of carbonyl (C=O) groups is 1. The lowest BCUT2D eigenvalue weighted by Crippen LogP contribution is -2.42. The van der Waals surface area contributed by atoms with Crippen LogP contribution in [0.2, 0.25) is 0 Å². The standard InChI is InChI=1S/C17H17F3N2O2/c18-17(19,20)11-22-7-5-13(6-8-22)24-16(23)15-10-21-9-12-3-1-2-4-14(12)15/h1-4,9-10,13H,5-8,11H2. The van der Waals surface area contributed by atoms with Crippen molar-refractivity contribution >= 4 is 16.7 Å². The van der Waals surface area contributed by atoms with Crippen molar-refractivity contribution in [2.45, 2.75) is 25.1 Å². The Balaban J connectivity index is 1.62. The number of halogens is 3. The molecule has 0 N–H and O–H groups in total. The van der Waals surface area contributed by atoms with E-state index in [1.807, 2.05) is 24.3 Å². The second-order valence-electron chi connectivity index (χ2n) is 5.90. The maximum atomic E-state index is 12.4. The Bertz CT molecular complexity index is 720. The van der Waals surface area contributed by atoms with Crippen molar-refractivity contribution in [3.63, 3.8) is 0 Å². The van der Waals surface area contributed by atoms with Crippen molar-refractivity contribution in [2.75, 3.05) is 19.6 Å². The summed E-state index contributed by atoms with van der Waals surface area (Å²) in [5, 5.41) is 1.60. The number of likely N-dealkylation sites (tertiary alicyclic amines) is 1. The first-order chi connectivity index (χ1) is 11.4. The van der Waals surface area contributed by atoms with Gasteiger partial charge in [0, 0.05) is 30.9 Å². The molecule has 0 aliphatic carbocycles. The number of hydrogen-bond acceptors (Lipinski definition) is 4. The van der Waals surface area contributed by atoms with Crippen LogP contribution in [-0.4, -0.2) is 47.8 Å². The summed E-state index contributed by atoms with van der Waals surface area (Å²) in [5.74, 6) is -0.478. The molecule has 1 aromatic carbocycles. The number of hydrogen-bond donors (Lipinski definition) is 0. The highest BCUT2D eigenvalue weighted by atomic mass is 19.4. The van der Waals surface area contributed by atoms with E-state index < -0.39 is 18.7 Å². The first-order valence-corrected chi connectivity index (χ1v) is 7.75. The fourth-order valence-electron chi connectivity index (χ4n) is 2.93. The molecular formula is C17H17F3N2O2. The molecule has 128 valence electrons. The Labute approximate surface area is 137 Å². The summed E-state index contributed by atoms with van der Waals surface area (Å²) in [7, 11) is 0. The van der Waals surface area contributed by atoms with Crippen molar-refractivity contribution in [1.82, 2.24) is 9.88 Å². The fourth-order valence-corrected chi connectivity index (χ4v) is 2.93. The lowest BCUT2D eigenvalue weighted by atomic mass is 10.1. The predicted octanol–water partition coefficient (Wildman–Crippen LogP) is 3.42. The number of esters is 1. The van der Waals surface area contributed by atoms with Gasteiger partial charge in [-0.25, -0.2) is 4.79 Å². The van der Waals surface area contributed by atoms with Crippen LogP contribution >= 0.6 is 0 Å². The number of piperidine rings is 1. The predicted molar refractivity (Wildman–Crippen MR) is 82.7 cm³/mol.